The van der Waals surface area contributed by atoms with Crippen LogP contribution < -0.4 is 5.73 Å². The lowest BCUT2D eigenvalue weighted by molar-refractivity contribution is 0.672. The molecule has 2 aromatic rings. The first-order chi connectivity index (χ1) is 8.99. The number of H-pyrrole nitrogens is 1. The highest BCUT2D eigenvalue weighted by atomic mass is 19.1. The number of aryl methyl sites for hydroxylation is 1. The molecule has 0 aromatic carbocycles. The summed E-state index contributed by atoms with van der Waals surface area (Å²) in [6.45, 7) is 7.26. The normalized spacial score (nSPS) is 13.0. The van der Waals surface area contributed by atoms with Crippen molar-refractivity contribution in [2.75, 3.05) is 0 Å². The van der Waals surface area contributed by atoms with E-state index in [1.165, 1.54) is 6.92 Å². The summed E-state index contributed by atoms with van der Waals surface area (Å²) < 4.78 is 13.2. The zero-order chi connectivity index (χ0) is 14.0. The standard InChI is InChI=1S/C14H15FN4/c1-8-4-11-12(6-19-14(11)18-5-8)10(3)17-7-13(15)9(2)16/h4-7H,3,16H2,1-2H3,(H,18,19)/b13-9-,17-7-. The third-order valence-electron chi connectivity index (χ3n) is 2.69. The number of halogens is 1. The topological polar surface area (TPSA) is 67.1 Å². The number of pyridine rings is 1. The number of aromatic nitrogens is 2. The monoisotopic (exact) mass is 258 g/mol. The predicted molar refractivity (Wildman–Crippen MR) is 76.4 cm³/mol. The van der Waals surface area contributed by atoms with Crippen molar-refractivity contribution >= 4 is 22.9 Å². The minimum absolute atomic E-state index is 0.0907. The Labute approximate surface area is 110 Å². The summed E-state index contributed by atoms with van der Waals surface area (Å²) in [5.74, 6) is -0.560. The van der Waals surface area contributed by atoms with Gasteiger partial charge in [-0.2, -0.15) is 0 Å². The maximum atomic E-state index is 13.2. The van der Waals surface area contributed by atoms with E-state index in [9.17, 15) is 4.39 Å². The third kappa shape index (κ3) is 2.70. The van der Waals surface area contributed by atoms with Gasteiger partial charge in [-0.1, -0.05) is 6.58 Å². The molecule has 0 saturated heterocycles. The van der Waals surface area contributed by atoms with Crippen molar-refractivity contribution < 1.29 is 4.39 Å². The second kappa shape index (κ2) is 5.06. The average Bonchev–Trinajstić information content (AvgIpc) is 2.78. The average molecular weight is 258 g/mol. The zero-order valence-electron chi connectivity index (χ0n) is 10.9. The molecule has 0 aliphatic carbocycles. The van der Waals surface area contributed by atoms with E-state index in [1.54, 1.807) is 12.4 Å². The number of nitrogens with one attached hydrogen (secondary N) is 1. The smallest absolute Gasteiger partial charge is 0.159 e. The van der Waals surface area contributed by atoms with Crippen LogP contribution in [0.4, 0.5) is 4.39 Å². The van der Waals surface area contributed by atoms with Crippen molar-refractivity contribution in [3.8, 4) is 0 Å². The summed E-state index contributed by atoms with van der Waals surface area (Å²) >= 11 is 0. The molecular formula is C14H15FN4. The van der Waals surface area contributed by atoms with Crippen molar-refractivity contribution in [3.63, 3.8) is 0 Å². The quantitative estimate of drug-likeness (QED) is 0.831. The van der Waals surface area contributed by atoms with Gasteiger partial charge in [0.2, 0.25) is 0 Å². The molecule has 19 heavy (non-hydrogen) atoms. The molecule has 3 N–H and O–H groups in total. The SMILES string of the molecule is C=C(/N=C\C(F)=C(/C)N)c1c[nH]c2ncc(C)cc12. The highest BCUT2D eigenvalue weighted by molar-refractivity contribution is 5.92. The van der Waals surface area contributed by atoms with Gasteiger partial charge < -0.3 is 10.7 Å². The maximum Gasteiger partial charge on any atom is 0.159 e. The highest BCUT2D eigenvalue weighted by Gasteiger charge is 2.07. The highest BCUT2D eigenvalue weighted by Crippen LogP contribution is 2.24. The maximum absolute atomic E-state index is 13.2. The van der Waals surface area contributed by atoms with Gasteiger partial charge in [0.25, 0.3) is 0 Å². The molecule has 0 atom stereocenters. The van der Waals surface area contributed by atoms with Gasteiger partial charge in [-0.15, -0.1) is 0 Å². The van der Waals surface area contributed by atoms with Crippen LogP contribution in [0.2, 0.25) is 0 Å². The molecule has 98 valence electrons. The van der Waals surface area contributed by atoms with E-state index >= 15 is 0 Å². The number of hydrogen-bond donors (Lipinski definition) is 2. The van der Waals surface area contributed by atoms with Gasteiger partial charge in [-0.3, -0.25) is 4.99 Å². The Morgan fingerprint density at radius 1 is 1.58 bits per heavy atom. The Morgan fingerprint density at radius 2 is 2.32 bits per heavy atom. The first-order valence-electron chi connectivity index (χ1n) is 5.78. The van der Waals surface area contributed by atoms with Gasteiger partial charge in [0.1, 0.15) is 5.65 Å². The van der Waals surface area contributed by atoms with Crippen LogP contribution in [0.25, 0.3) is 16.7 Å². The molecule has 0 saturated carbocycles. The van der Waals surface area contributed by atoms with Gasteiger partial charge in [0.05, 0.1) is 11.9 Å². The summed E-state index contributed by atoms with van der Waals surface area (Å²) in [7, 11) is 0. The summed E-state index contributed by atoms with van der Waals surface area (Å²) in [6.07, 6.45) is 4.60. The molecule has 0 spiro atoms. The number of rotatable bonds is 3. The van der Waals surface area contributed by atoms with Crippen molar-refractivity contribution in [2.45, 2.75) is 13.8 Å². The van der Waals surface area contributed by atoms with Crippen LogP contribution in [-0.2, 0) is 0 Å². The lowest BCUT2D eigenvalue weighted by Gasteiger charge is -1.99. The number of nitrogens with two attached hydrogens (primary N) is 1. The Hall–Kier alpha value is -2.43. The number of aliphatic imine (C=N–C) groups is 1. The van der Waals surface area contributed by atoms with Crippen LogP contribution in [0.5, 0.6) is 0 Å². The second-order valence-electron chi connectivity index (χ2n) is 4.35. The van der Waals surface area contributed by atoms with Crippen LogP contribution in [0.3, 0.4) is 0 Å². The minimum atomic E-state index is -0.560. The Kier molecular flexibility index (Phi) is 3.46. The molecule has 0 aliphatic heterocycles. The molecule has 4 nitrogen and oxygen atoms in total. The molecule has 0 bridgehead atoms. The zero-order valence-corrected chi connectivity index (χ0v) is 10.9. The Morgan fingerprint density at radius 3 is 3.00 bits per heavy atom. The fourth-order valence-corrected chi connectivity index (χ4v) is 1.65. The van der Waals surface area contributed by atoms with Crippen molar-refractivity contribution in [3.05, 3.63) is 47.7 Å². The van der Waals surface area contributed by atoms with Crippen LogP contribution in [-0.4, -0.2) is 16.2 Å². The van der Waals surface area contributed by atoms with E-state index in [2.05, 4.69) is 21.5 Å². The number of aromatic amines is 1. The van der Waals surface area contributed by atoms with Crippen LogP contribution in [0, 0.1) is 6.92 Å². The second-order valence-corrected chi connectivity index (χ2v) is 4.35. The van der Waals surface area contributed by atoms with Crippen LogP contribution in [0.15, 0.2) is 41.6 Å². The van der Waals surface area contributed by atoms with Gasteiger partial charge in [-0.25, -0.2) is 9.37 Å². The number of allylic oxidation sites excluding steroid dienone is 2. The number of fused-ring (bicyclic) bond motifs is 1. The van der Waals surface area contributed by atoms with Crippen molar-refractivity contribution in [2.24, 2.45) is 10.7 Å². The van der Waals surface area contributed by atoms with Gasteiger partial charge in [0, 0.05) is 29.0 Å². The molecule has 0 amide bonds. The first kappa shape index (κ1) is 13.0. The third-order valence-corrected chi connectivity index (χ3v) is 2.69. The first-order valence-corrected chi connectivity index (χ1v) is 5.78. The van der Waals surface area contributed by atoms with E-state index in [0.717, 1.165) is 28.4 Å². The summed E-state index contributed by atoms with van der Waals surface area (Å²) in [6, 6.07) is 1.98. The Bertz CT molecular complexity index is 691. The lowest BCUT2D eigenvalue weighted by atomic mass is 10.1. The van der Waals surface area contributed by atoms with Gasteiger partial charge in [0.15, 0.2) is 5.83 Å². The molecule has 2 rings (SSSR count). The fourth-order valence-electron chi connectivity index (χ4n) is 1.65. The van der Waals surface area contributed by atoms with E-state index in [0.29, 0.717) is 5.70 Å². The fraction of sp³-hybridized carbons (Fsp3) is 0.143. The Balaban J connectivity index is 2.37. The molecule has 0 radical (unpaired) electrons. The van der Waals surface area contributed by atoms with E-state index in [4.69, 9.17) is 5.73 Å². The lowest BCUT2D eigenvalue weighted by Crippen LogP contribution is -1.95. The summed E-state index contributed by atoms with van der Waals surface area (Å²) in [5.41, 5.74) is 8.45. The minimum Gasteiger partial charge on any atom is -0.400 e. The largest absolute Gasteiger partial charge is 0.400 e. The van der Waals surface area contributed by atoms with Crippen LogP contribution in [0.1, 0.15) is 18.1 Å². The van der Waals surface area contributed by atoms with E-state index in [1.807, 2.05) is 13.0 Å². The molecule has 0 unspecified atom stereocenters. The van der Waals surface area contributed by atoms with Crippen LogP contribution >= 0.6 is 0 Å². The molecule has 0 aliphatic rings. The number of hydrogen-bond acceptors (Lipinski definition) is 3. The molecular weight excluding hydrogens is 243 g/mol. The summed E-state index contributed by atoms with van der Waals surface area (Å²) in [5, 5.41) is 0.913. The summed E-state index contributed by atoms with van der Waals surface area (Å²) in [4.78, 5) is 11.3. The molecule has 2 aromatic heterocycles. The van der Waals surface area contributed by atoms with Gasteiger partial charge >= 0.3 is 0 Å². The molecule has 5 heteroatoms. The number of nitrogens with zero attached hydrogens (tertiary/aromatic N) is 2. The van der Waals surface area contributed by atoms with Crippen molar-refractivity contribution in [1.29, 1.82) is 0 Å². The van der Waals surface area contributed by atoms with Crippen molar-refractivity contribution in [1.82, 2.24) is 9.97 Å². The molecule has 2 heterocycles. The van der Waals surface area contributed by atoms with Gasteiger partial charge in [-0.05, 0) is 25.5 Å². The van der Waals surface area contributed by atoms with E-state index < -0.39 is 5.83 Å². The molecule has 0 fully saturated rings. The predicted octanol–water partition coefficient (Wildman–Crippen LogP) is 3.07. The van der Waals surface area contributed by atoms with E-state index in [-0.39, 0.29) is 5.70 Å².